The minimum Gasteiger partial charge on any atom is -0.347 e. The second-order valence-corrected chi connectivity index (χ2v) is 7.80. The number of hydrogen-bond acceptors (Lipinski definition) is 5. The van der Waals surface area contributed by atoms with Crippen molar-refractivity contribution in [2.24, 2.45) is 0 Å². The van der Waals surface area contributed by atoms with Gasteiger partial charge in [0.2, 0.25) is 0 Å². The molecule has 0 aromatic carbocycles. The lowest BCUT2D eigenvalue weighted by Gasteiger charge is -2.36. The third kappa shape index (κ3) is 2.82. The molecule has 1 aromatic rings. The zero-order chi connectivity index (χ0) is 13.5. The first-order valence-corrected chi connectivity index (χ1v) is 8.54. The molecule has 1 fully saturated rings. The molecule has 6 nitrogen and oxygen atoms in total. The van der Waals surface area contributed by atoms with E-state index >= 15 is 0 Å². The van der Waals surface area contributed by atoms with Crippen molar-refractivity contribution in [3.8, 4) is 0 Å². The maximum atomic E-state index is 11.6. The lowest BCUT2D eigenvalue weighted by molar-refractivity contribution is 0.197. The Bertz CT molecular complexity index is 554. The highest BCUT2D eigenvalue weighted by Gasteiger charge is 2.30. The van der Waals surface area contributed by atoms with Crippen LogP contribution in [0.2, 0.25) is 0 Å². The first-order chi connectivity index (χ1) is 9.03. The zero-order valence-corrected chi connectivity index (χ0v) is 11.9. The van der Waals surface area contributed by atoms with Gasteiger partial charge in [0.05, 0.1) is 29.2 Å². The summed E-state index contributed by atoms with van der Waals surface area (Å²) in [5, 5.41) is 3.49. The first kappa shape index (κ1) is 13.1. The molecule has 0 aliphatic carbocycles. The van der Waals surface area contributed by atoms with Crippen LogP contribution < -0.4 is 5.32 Å². The Labute approximate surface area is 113 Å². The Morgan fingerprint density at radius 1 is 1.53 bits per heavy atom. The standard InChI is InChI=1S/C12H20N4O2S/c1-9-7-19(17,18)3-2-16(9)6-10-4-11-12(5-13-10)15-8-14-11/h8-10,13H,2-7H2,1H3,(H,14,15). The Morgan fingerprint density at radius 3 is 3.16 bits per heavy atom. The topological polar surface area (TPSA) is 78.1 Å². The smallest absolute Gasteiger partial charge is 0.153 e. The summed E-state index contributed by atoms with van der Waals surface area (Å²) >= 11 is 0. The van der Waals surface area contributed by atoms with E-state index < -0.39 is 9.84 Å². The van der Waals surface area contributed by atoms with Gasteiger partial charge in [-0.05, 0) is 6.92 Å². The largest absolute Gasteiger partial charge is 0.347 e. The molecule has 0 amide bonds. The molecule has 2 atom stereocenters. The fraction of sp³-hybridized carbons (Fsp3) is 0.750. The number of rotatable bonds is 2. The fourth-order valence-electron chi connectivity index (χ4n) is 2.95. The van der Waals surface area contributed by atoms with Gasteiger partial charge in [0.1, 0.15) is 0 Å². The van der Waals surface area contributed by atoms with Crippen molar-refractivity contribution < 1.29 is 8.42 Å². The molecule has 7 heteroatoms. The number of nitrogens with zero attached hydrogens (tertiary/aromatic N) is 2. The van der Waals surface area contributed by atoms with Crippen LogP contribution in [0.15, 0.2) is 6.33 Å². The number of imidazole rings is 1. The number of aromatic nitrogens is 2. The maximum absolute atomic E-state index is 11.6. The van der Waals surface area contributed by atoms with Gasteiger partial charge < -0.3 is 10.3 Å². The van der Waals surface area contributed by atoms with E-state index in [-0.39, 0.29) is 17.5 Å². The molecule has 3 heterocycles. The quantitative estimate of drug-likeness (QED) is 0.768. The molecule has 2 N–H and O–H groups in total. The third-order valence-electron chi connectivity index (χ3n) is 4.08. The van der Waals surface area contributed by atoms with Gasteiger partial charge >= 0.3 is 0 Å². The van der Waals surface area contributed by atoms with Gasteiger partial charge in [0.15, 0.2) is 9.84 Å². The zero-order valence-electron chi connectivity index (χ0n) is 11.1. The number of sulfone groups is 1. The minimum atomic E-state index is -2.82. The molecular formula is C12H20N4O2S. The van der Waals surface area contributed by atoms with Gasteiger partial charge in [0.25, 0.3) is 0 Å². The number of hydrogen-bond donors (Lipinski definition) is 2. The van der Waals surface area contributed by atoms with Crippen LogP contribution >= 0.6 is 0 Å². The van der Waals surface area contributed by atoms with Gasteiger partial charge in [-0.2, -0.15) is 0 Å². The molecule has 0 spiro atoms. The Hall–Kier alpha value is -0.920. The van der Waals surface area contributed by atoms with E-state index in [4.69, 9.17) is 0 Å². The summed E-state index contributed by atoms with van der Waals surface area (Å²) < 4.78 is 23.1. The van der Waals surface area contributed by atoms with E-state index in [9.17, 15) is 8.42 Å². The highest BCUT2D eigenvalue weighted by molar-refractivity contribution is 7.91. The monoisotopic (exact) mass is 284 g/mol. The van der Waals surface area contributed by atoms with Crippen molar-refractivity contribution in [2.75, 3.05) is 24.6 Å². The van der Waals surface area contributed by atoms with Crippen LogP contribution in [0.5, 0.6) is 0 Å². The molecule has 2 aliphatic rings. The van der Waals surface area contributed by atoms with Crippen LogP contribution in [0.3, 0.4) is 0 Å². The summed E-state index contributed by atoms with van der Waals surface area (Å²) in [6.07, 6.45) is 2.65. The predicted molar refractivity (Wildman–Crippen MR) is 72.6 cm³/mol. The van der Waals surface area contributed by atoms with Crippen molar-refractivity contribution in [1.82, 2.24) is 20.2 Å². The molecule has 3 rings (SSSR count). The van der Waals surface area contributed by atoms with Crippen LogP contribution in [0.1, 0.15) is 18.3 Å². The van der Waals surface area contributed by atoms with E-state index in [0.717, 1.165) is 25.2 Å². The summed E-state index contributed by atoms with van der Waals surface area (Å²) in [6, 6.07) is 0.472. The molecule has 1 saturated heterocycles. The van der Waals surface area contributed by atoms with Crippen LogP contribution in [-0.4, -0.2) is 60.0 Å². The highest BCUT2D eigenvalue weighted by Crippen LogP contribution is 2.16. The summed E-state index contributed by atoms with van der Waals surface area (Å²) in [5.74, 6) is 0.574. The van der Waals surface area contributed by atoms with Crippen molar-refractivity contribution in [1.29, 1.82) is 0 Å². The average Bonchev–Trinajstić information content (AvgIpc) is 2.79. The average molecular weight is 284 g/mol. The summed E-state index contributed by atoms with van der Waals surface area (Å²) in [7, 11) is -2.82. The molecule has 106 valence electrons. The molecule has 2 aliphatic heterocycles. The lowest BCUT2D eigenvalue weighted by Crippen LogP contribution is -2.53. The molecule has 0 bridgehead atoms. The normalized spacial score (nSPS) is 31.0. The molecule has 2 unspecified atom stereocenters. The Balaban J connectivity index is 1.61. The third-order valence-corrected chi connectivity index (χ3v) is 5.87. The Morgan fingerprint density at radius 2 is 2.37 bits per heavy atom. The molecular weight excluding hydrogens is 264 g/mol. The van der Waals surface area contributed by atoms with Crippen LogP contribution in [0.4, 0.5) is 0 Å². The van der Waals surface area contributed by atoms with Gasteiger partial charge in [-0.1, -0.05) is 0 Å². The number of fused-ring (bicyclic) bond motifs is 1. The number of aromatic amines is 1. The van der Waals surface area contributed by atoms with Crippen LogP contribution in [0.25, 0.3) is 0 Å². The Kier molecular flexibility index (Phi) is 3.36. The van der Waals surface area contributed by atoms with E-state index in [1.165, 1.54) is 5.69 Å². The number of nitrogens with one attached hydrogen (secondary N) is 2. The van der Waals surface area contributed by atoms with E-state index in [1.807, 2.05) is 6.92 Å². The summed E-state index contributed by atoms with van der Waals surface area (Å²) in [4.78, 5) is 9.74. The SMILES string of the molecule is CC1CS(=O)(=O)CCN1CC1Cc2nc[nH]c2CN1. The van der Waals surface area contributed by atoms with Crippen molar-refractivity contribution in [3.63, 3.8) is 0 Å². The van der Waals surface area contributed by atoms with Crippen LogP contribution in [0, 0.1) is 0 Å². The summed E-state index contributed by atoms with van der Waals surface area (Å²) in [6.45, 7) is 4.36. The number of H-pyrrole nitrogens is 1. The minimum absolute atomic E-state index is 0.112. The lowest BCUT2D eigenvalue weighted by atomic mass is 10.0. The van der Waals surface area contributed by atoms with Gasteiger partial charge in [-0.25, -0.2) is 13.4 Å². The second kappa shape index (κ2) is 4.88. The second-order valence-electron chi connectivity index (χ2n) is 5.57. The van der Waals surface area contributed by atoms with Gasteiger partial charge in [-0.15, -0.1) is 0 Å². The van der Waals surface area contributed by atoms with Gasteiger partial charge in [-0.3, -0.25) is 4.90 Å². The predicted octanol–water partition coefficient (Wildman–Crippen LogP) is -0.457. The first-order valence-electron chi connectivity index (χ1n) is 6.72. The maximum Gasteiger partial charge on any atom is 0.153 e. The molecule has 0 radical (unpaired) electrons. The fourth-order valence-corrected chi connectivity index (χ4v) is 4.57. The van der Waals surface area contributed by atoms with Crippen LogP contribution in [-0.2, 0) is 22.8 Å². The van der Waals surface area contributed by atoms with Crippen molar-refractivity contribution in [2.45, 2.75) is 32.0 Å². The van der Waals surface area contributed by atoms with E-state index in [1.54, 1.807) is 6.33 Å². The highest BCUT2D eigenvalue weighted by atomic mass is 32.2. The molecule has 0 saturated carbocycles. The van der Waals surface area contributed by atoms with E-state index in [2.05, 4.69) is 20.2 Å². The summed E-state index contributed by atoms with van der Waals surface area (Å²) in [5.41, 5.74) is 2.31. The molecule has 1 aromatic heterocycles. The van der Waals surface area contributed by atoms with Crippen molar-refractivity contribution >= 4 is 9.84 Å². The molecule has 19 heavy (non-hydrogen) atoms. The van der Waals surface area contributed by atoms with E-state index in [0.29, 0.717) is 12.6 Å². The van der Waals surface area contributed by atoms with Gasteiger partial charge in [0, 0.05) is 38.1 Å². The van der Waals surface area contributed by atoms with Crippen molar-refractivity contribution in [3.05, 3.63) is 17.7 Å².